The Morgan fingerprint density at radius 2 is 1.78 bits per heavy atom. The molecule has 1 saturated carbocycles. The molecule has 0 heterocycles. The predicted octanol–water partition coefficient (Wildman–Crippen LogP) is 5.43. The summed E-state index contributed by atoms with van der Waals surface area (Å²) < 4.78 is 6.44. The van der Waals surface area contributed by atoms with Crippen LogP contribution in [-0.2, 0) is 0 Å². The summed E-state index contributed by atoms with van der Waals surface area (Å²) in [5.41, 5.74) is 1.68. The lowest BCUT2D eigenvalue weighted by Crippen LogP contribution is -2.36. The molecule has 0 radical (unpaired) electrons. The van der Waals surface area contributed by atoms with Gasteiger partial charge in [-0.2, -0.15) is 0 Å². The van der Waals surface area contributed by atoms with Crippen molar-refractivity contribution in [3.63, 3.8) is 0 Å². The molecule has 0 spiro atoms. The zero-order chi connectivity index (χ0) is 22.9. The summed E-state index contributed by atoms with van der Waals surface area (Å²) in [4.78, 5) is 25.2. The van der Waals surface area contributed by atoms with Crippen molar-refractivity contribution in [2.75, 3.05) is 11.9 Å². The van der Waals surface area contributed by atoms with Gasteiger partial charge in [0.25, 0.3) is 11.8 Å². The molecule has 0 aliphatic heterocycles. The Balaban J connectivity index is 1.56. The molecule has 0 aromatic heterocycles. The second-order valence-corrected chi connectivity index (χ2v) is 9.11. The first-order chi connectivity index (χ1) is 15.5. The molecule has 0 bridgehead atoms. The van der Waals surface area contributed by atoms with Crippen molar-refractivity contribution >= 4 is 50.8 Å². The van der Waals surface area contributed by atoms with E-state index >= 15 is 0 Å². The summed E-state index contributed by atoms with van der Waals surface area (Å²) in [6.07, 6.45) is 6.51. The van der Waals surface area contributed by atoms with E-state index in [-0.39, 0.29) is 23.0 Å². The van der Waals surface area contributed by atoms with Gasteiger partial charge in [-0.05, 0) is 73.9 Å². The highest BCUT2D eigenvalue weighted by molar-refractivity contribution is 9.10. The minimum atomic E-state index is -0.363. The minimum Gasteiger partial charge on any atom is -0.493 e. The molecule has 1 fully saturated rings. The molecule has 2 aromatic carbocycles. The third-order valence-corrected chi connectivity index (χ3v) is 5.92. The third kappa shape index (κ3) is 7.03. The smallest absolute Gasteiger partial charge is 0.261 e. The molecule has 6 nitrogen and oxygen atoms in total. The third-order valence-electron chi connectivity index (χ3n) is 5.22. The van der Waals surface area contributed by atoms with E-state index in [1.54, 1.807) is 36.4 Å². The quantitative estimate of drug-likeness (QED) is 0.427. The summed E-state index contributed by atoms with van der Waals surface area (Å²) >= 11 is 8.68. The van der Waals surface area contributed by atoms with Crippen LogP contribution in [0.1, 0.15) is 66.2 Å². The molecule has 1 aliphatic carbocycles. The first-order valence-electron chi connectivity index (χ1n) is 10.9. The number of amides is 2. The number of carbonyl (C=O) groups is 2. The van der Waals surface area contributed by atoms with Gasteiger partial charge in [-0.1, -0.05) is 42.1 Å². The highest BCUT2D eigenvalue weighted by Gasteiger charge is 2.17. The zero-order valence-electron chi connectivity index (χ0n) is 18.1. The first kappa shape index (κ1) is 24.2. The van der Waals surface area contributed by atoms with Gasteiger partial charge in [0.2, 0.25) is 0 Å². The molecule has 8 heteroatoms. The van der Waals surface area contributed by atoms with Crippen molar-refractivity contribution in [3.05, 3.63) is 58.1 Å². The van der Waals surface area contributed by atoms with Gasteiger partial charge in [0.15, 0.2) is 5.11 Å². The maximum absolute atomic E-state index is 12.7. The molecule has 170 valence electrons. The summed E-state index contributed by atoms with van der Waals surface area (Å²) in [6.45, 7) is 2.52. The fourth-order valence-electron chi connectivity index (χ4n) is 3.57. The zero-order valence-corrected chi connectivity index (χ0v) is 20.5. The summed E-state index contributed by atoms with van der Waals surface area (Å²) in [5.74, 6) is 0.0793. The van der Waals surface area contributed by atoms with E-state index in [4.69, 9.17) is 17.0 Å². The van der Waals surface area contributed by atoms with Gasteiger partial charge >= 0.3 is 0 Å². The minimum absolute atomic E-state index is 0.0615. The van der Waals surface area contributed by atoms with Crippen LogP contribution in [0.2, 0.25) is 0 Å². The topological polar surface area (TPSA) is 79.5 Å². The number of nitrogens with one attached hydrogen (secondary N) is 3. The van der Waals surface area contributed by atoms with Gasteiger partial charge in [-0.25, -0.2) is 0 Å². The number of rotatable bonds is 7. The second kappa shape index (κ2) is 12.0. The van der Waals surface area contributed by atoms with Crippen LogP contribution in [0.4, 0.5) is 5.69 Å². The lowest BCUT2D eigenvalue weighted by Gasteiger charge is -2.22. The van der Waals surface area contributed by atoms with E-state index in [9.17, 15) is 9.59 Å². The maximum Gasteiger partial charge on any atom is 0.261 e. The second-order valence-electron chi connectivity index (χ2n) is 7.78. The molecule has 3 rings (SSSR count). The van der Waals surface area contributed by atoms with Gasteiger partial charge < -0.3 is 15.4 Å². The molecule has 0 unspecified atom stereocenters. The highest BCUT2D eigenvalue weighted by Crippen LogP contribution is 2.23. The number of hydrogen-bond donors (Lipinski definition) is 3. The van der Waals surface area contributed by atoms with Gasteiger partial charge in [0, 0.05) is 21.8 Å². The van der Waals surface area contributed by atoms with Crippen molar-refractivity contribution in [1.82, 2.24) is 10.6 Å². The molecule has 32 heavy (non-hydrogen) atoms. The molecule has 2 aromatic rings. The number of benzene rings is 2. The van der Waals surface area contributed by atoms with Crippen LogP contribution in [0, 0.1) is 0 Å². The number of thiocarbonyl (C=S) groups is 1. The maximum atomic E-state index is 12.7. The van der Waals surface area contributed by atoms with Gasteiger partial charge in [-0.3, -0.25) is 14.9 Å². The Morgan fingerprint density at radius 3 is 2.47 bits per heavy atom. The largest absolute Gasteiger partial charge is 0.493 e. The van der Waals surface area contributed by atoms with Crippen LogP contribution in [-0.4, -0.2) is 29.6 Å². The number of hydrogen-bond acceptors (Lipinski definition) is 4. The Bertz CT molecular complexity index is 959. The van der Waals surface area contributed by atoms with Crippen molar-refractivity contribution in [2.24, 2.45) is 0 Å². The summed E-state index contributed by atoms with van der Waals surface area (Å²) in [5, 5.41) is 8.93. The van der Waals surface area contributed by atoms with Crippen molar-refractivity contribution in [3.8, 4) is 5.75 Å². The highest BCUT2D eigenvalue weighted by atomic mass is 79.9. The van der Waals surface area contributed by atoms with Crippen LogP contribution in [0.3, 0.4) is 0 Å². The SMILES string of the molecule is CCCOc1ccc(Br)cc1C(=O)NC(=S)Nc1ccc(C(=O)NC2CCCCC2)cc1. The summed E-state index contributed by atoms with van der Waals surface area (Å²) in [7, 11) is 0. The molecular weight excluding hydrogens is 490 g/mol. The normalized spacial score (nSPS) is 13.8. The van der Waals surface area contributed by atoms with E-state index in [2.05, 4.69) is 31.9 Å². The van der Waals surface area contributed by atoms with Crippen molar-refractivity contribution in [1.29, 1.82) is 0 Å². The van der Waals surface area contributed by atoms with E-state index < -0.39 is 0 Å². The van der Waals surface area contributed by atoms with Crippen LogP contribution in [0.5, 0.6) is 5.75 Å². The fourth-order valence-corrected chi connectivity index (χ4v) is 4.14. The van der Waals surface area contributed by atoms with Crippen molar-refractivity contribution < 1.29 is 14.3 Å². The van der Waals surface area contributed by atoms with E-state index in [1.165, 1.54) is 19.3 Å². The van der Waals surface area contributed by atoms with Crippen LogP contribution < -0.4 is 20.7 Å². The van der Waals surface area contributed by atoms with Gasteiger partial charge in [-0.15, -0.1) is 0 Å². The average molecular weight is 518 g/mol. The molecule has 1 aliphatic rings. The number of halogens is 1. The van der Waals surface area contributed by atoms with Gasteiger partial charge in [0.05, 0.1) is 12.2 Å². The standard InChI is InChI=1S/C24H28BrN3O3S/c1-2-14-31-21-13-10-17(25)15-20(21)23(30)28-24(32)27-19-11-8-16(9-12-19)22(29)26-18-6-4-3-5-7-18/h8-13,15,18H,2-7,14H2,1H3,(H,26,29)(H2,27,28,30,32). The monoisotopic (exact) mass is 517 g/mol. The van der Waals surface area contributed by atoms with E-state index in [0.29, 0.717) is 29.2 Å². The predicted molar refractivity (Wildman–Crippen MR) is 134 cm³/mol. The van der Waals surface area contributed by atoms with E-state index in [1.807, 2.05) is 13.0 Å². The fraction of sp³-hybridized carbons (Fsp3) is 0.375. The number of ether oxygens (including phenoxy) is 1. The average Bonchev–Trinajstić information content (AvgIpc) is 2.79. The molecular formula is C24H28BrN3O3S. The van der Waals surface area contributed by atoms with Crippen LogP contribution in [0.15, 0.2) is 46.9 Å². The molecule has 3 N–H and O–H groups in total. The Labute approximate surface area is 202 Å². The lowest BCUT2D eigenvalue weighted by atomic mass is 9.95. The molecule has 2 amide bonds. The Kier molecular flexibility index (Phi) is 9.05. The van der Waals surface area contributed by atoms with E-state index in [0.717, 1.165) is 23.7 Å². The summed E-state index contributed by atoms with van der Waals surface area (Å²) in [6, 6.07) is 12.6. The Morgan fingerprint density at radius 1 is 1.06 bits per heavy atom. The first-order valence-corrected chi connectivity index (χ1v) is 12.1. The van der Waals surface area contributed by atoms with Crippen LogP contribution >= 0.6 is 28.1 Å². The number of carbonyl (C=O) groups excluding carboxylic acids is 2. The number of anilines is 1. The van der Waals surface area contributed by atoms with Crippen LogP contribution in [0.25, 0.3) is 0 Å². The lowest BCUT2D eigenvalue weighted by molar-refractivity contribution is 0.0926. The molecule has 0 saturated heterocycles. The van der Waals surface area contributed by atoms with Gasteiger partial charge in [0.1, 0.15) is 5.75 Å². The molecule has 0 atom stereocenters. The van der Waals surface area contributed by atoms with Crippen molar-refractivity contribution in [2.45, 2.75) is 51.5 Å². The Hall–Kier alpha value is -2.45.